The number of hydrogen-bond donors (Lipinski definition) is 0. The second-order valence-electron chi connectivity index (χ2n) is 8.65. The Hall–Kier alpha value is -3.01. The number of carbonyl (C=O) groups excluding carboxylic acids is 1. The van der Waals surface area contributed by atoms with Crippen LogP contribution in [0.2, 0.25) is 0 Å². The molecule has 1 aromatic heterocycles. The minimum absolute atomic E-state index is 0.344. The summed E-state index contributed by atoms with van der Waals surface area (Å²) >= 11 is 0. The molecule has 2 aromatic carbocycles. The van der Waals surface area contributed by atoms with E-state index in [-0.39, 0.29) is 5.97 Å². The number of hydrogen-bond acceptors (Lipinski definition) is 4. The molecule has 0 aliphatic carbocycles. The van der Waals surface area contributed by atoms with Gasteiger partial charge in [0.15, 0.2) is 5.82 Å². The molecule has 1 heterocycles. The third kappa shape index (κ3) is 8.12. The highest BCUT2D eigenvalue weighted by Gasteiger charge is 2.09. The topological polar surface area (TPSA) is 52.1 Å². The standard InChI is InChI=1S/C29H36N2O2/c1-3-5-7-9-11-23-13-15-26(16-14-23)29(32)33-27-19-17-25(18-20-27)28-30-21-24(22-31-28)12-10-8-6-4-2/h13-22H,3-12H2,1-2H3. The Morgan fingerprint density at radius 3 is 1.85 bits per heavy atom. The molecule has 33 heavy (non-hydrogen) atoms. The maximum Gasteiger partial charge on any atom is 0.343 e. The first-order valence-corrected chi connectivity index (χ1v) is 12.4. The van der Waals surface area contributed by atoms with Gasteiger partial charge in [0.25, 0.3) is 0 Å². The van der Waals surface area contributed by atoms with Gasteiger partial charge in [-0.25, -0.2) is 14.8 Å². The minimum atomic E-state index is -0.344. The van der Waals surface area contributed by atoms with E-state index >= 15 is 0 Å². The van der Waals surface area contributed by atoms with Gasteiger partial charge in [-0.15, -0.1) is 0 Å². The van der Waals surface area contributed by atoms with Crippen LogP contribution in [0.3, 0.4) is 0 Å². The normalized spacial score (nSPS) is 10.8. The van der Waals surface area contributed by atoms with E-state index in [1.54, 1.807) is 12.1 Å². The fourth-order valence-electron chi connectivity index (χ4n) is 3.79. The summed E-state index contributed by atoms with van der Waals surface area (Å²) < 4.78 is 5.55. The van der Waals surface area contributed by atoms with Gasteiger partial charge >= 0.3 is 5.97 Å². The molecule has 0 radical (unpaired) electrons. The minimum Gasteiger partial charge on any atom is -0.423 e. The van der Waals surface area contributed by atoms with Gasteiger partial charge in [-0.2, -0.15) is 0 Å². The van der Waals surface area contributed by atoms with Gasteiger partial charge in [0.2, 0.25) is 0 Å². The van der Waals surface area contributed by atoms with Crippen LogP contribution in [-0.4, -0.2) is 15.9 Å². The number of benzene rings is 2. The summed E-state index contributed by atoms with van der Waals surface area (Å²) in [6, 6.07) is 15.1. The zero-order valence-corrected chi connectivity index (χ0v) is 20.1. The van der Waals surface area contributed by atoms with Crippen molar-refractivity contribution < 1.29 is 9.53 Å². The highest BCUT2D eigenvalue weighted by molar-refractivity contribution is 5.91. The van der Waals surface area contributed by atoms with Crippen molar-refractivity contribution in [3.8, 4) is 17.1 Å². The van der Waals surface area contributed by atoms with Crippen LogP contribution in [0.1, 0.15) is 86.7 Å². The molecule has 0 saturated carbocycles. The van der Waals surface area contributed by atoms with E-state index in [1.807, 2.05) is 48.8 Å². The first-order valence-electron chi connectivity index (χ1n) is 12.4. The fraction of sp³-hybridized carbons (Fsp3) is 0.414. The smallest absolute Gasteiger partial charge is 0.343 e. The van der Waals surface area contributed by atoms with E-state index in [9.17, 15) is 4.79 Å². The summed E-state index contributed by atoms with van der Waals surface area (Å²) in [5.74, 6) is 0.851. The average Bonchev–Trinajstić information content (AvgIpc) is 2.86. The Bertz CT molecular complexity index is 964. The van der Waals surface area contributed by atoms with Crippen LogP contribution in [0.4, 0.5) is 0 Å². The van der Waals surface area contributed by atoms with Crippen LogP contribution in [0.25, 0.3) is 11.4 Å². The van der Waals surface area contributed by atoms with E-state index in [2.05, 4.69) is 23.8 Å². The molecule has 4 nitrogen and oxygen atoms in total. The second kappa shape index (κ2) is 13.5. The molecule has 0 spiro atoms. The maximum absolute atomic E-state index is 12.5. The van der Waals surface area contributed by atoms with E-state index in [1.165, 1.54) is 62.5 Å². The van der Waals surface area contributed by atoms with E-state index in [0.717, 1.165) is 18.4 Å². The van der Waals surface area contributed by atoms with Gasteiger partial charge in [0.1, 0.15) is 5.75 Å². The molecule has 0 bridgehead atoms. The lowest BCUT2D eigenvalue weighted by Gasteiger charge is -2.07. The van der Waals surface area contributed by atoms with Crippen LogP contribution in [0.5, 0.6) is 5.75 Å². The Morgan fingerprint density at radius 1 is 0.697 bits per heavy atom. The molecular formula is C29H36N2O2. The highest BCUT2D eigenvalue weighted by atomic mass is 16.5. The number of rotatable bonds is 13. The first-order chi connectivity index (χ1) is 16.2. The first kappa shape index (κ1) is 24.6. The van der Waals surface area contributed by atoms with Crippen LogP contribution in [0, 0.1) is 0 Å². The molecule has 3 rings (SSSR count). The van der Waals surface area contributed by atoms with Gasteiger partial charge in [-0.1, -0.05) is 64.5 Å². The summed E-state index contributed by atoms with van der Waals surface area (Å²) in [7, 11) is 0. The average molecular weight is 445 g/mol. The van der Waals surface area contributed by atoms with E-state index in [0.29, 0.717) is 17.1 Å². The molecule has 0 aliphatic rings. The van der Waals surface area contributed by atoms with Crippen molar-refractivity contribution >= 4 is 5.97 Å². The summed E-state index contributed by atoms with van der Waals surface area (Å²) in [4.78, 5) is 21.5. The summed E-state index contributed by atoms with van der Waals surface area (Å²) in [5.41, 5.74) is 3.90. The zero-order valence-electron chi connectivity index (χ0n) is 20.1. The highest BCUT2D eigenvalue weighted by Crippen LogP contribution is 2.21. The van der Waals surface area contributed by atoms with Crippen LogP contribution < -0.4 is 4.74 Å². The number of ether oxygens (including phenoxy) is 1. The van der Waals surface area contributed by atoms with Crippen molar-refractivity contribution in [2.45, 2.75) is 78.1 Å². The van der Waals surface area contributed by atoms with Crippen LogP contribution >= 0.6 is 0 Å². The van der Waals surface area contributed by atoms with Crippen molar-refractivity contribution in [2.24, 2.45) is 0 Å². The summed E-state index contributed by atoms with van der Waals surface area (Å²) in [5, 5.41) is 0. The molecule has 4 heteroatoms. The molecule has 0 unspecified atom stereocenters. The monoisotopic (exact) mass is 444 g/mol. The van der Waals surface area contributed by atoms with E-state index < -0.39 is 0 Å². The number of aryl methyl sites for hydroxylation is 2. The van der Waals surface area contributed by atoms with Crippen molar-refractivity contribution in [1.82, 2.24) is 9.97 Å². The molecule has 0 N–H and O–H groups in total. The molecular weight excluding hydrogens is 408 g/mol. The van der Waals surface area contributed by atoms with Gasteiger partial charge in [0.05, 0.1) is 5.56 Å². The molecule has 174 valence electrons. The quantitative estimate of drug-likeness (QED) is 0.155. The second-order valence-corrected chi connectivity index (χ2v) is 8.65. The molecule has 0 fully saturated rings. The number of carbonyl (C=O) groups is 1. The lowest BCUT2D eigenvalue weighted by atomic mass is 10.0. The van der Waals surface area contributed by atoms with Crippen molar-refractivity contribution in [2.75, 3.05) is 0 Å². The molecule has 0 saturated heterocycles. The SMILES string of the molecule is CCCCCCc1ccc(C(=O)Oc2ccc(-c3ncc(CCCCCC)cn3)cc2)cc1. The number of nitrogens with zero attached hydrogens (tertiary/aromatic N) is 2. The molecule has 0 amide bonds. The zero-order chi connectivity index (χ0) is 23.3. The predicted molar refractivity (Wildman–Crippen MR) is 135 cm³/mol. The maximum atomic E-state index is 12.5. The van der Waals surface area contributed by atoms with Gasteiger partial charge in [-0.3, -0.25) is 0 Å². The van der Waals surface area contributed by atoms with Crippen molar-refractivity contribution in [3.05, 3.63) is 77.6 Å². The van der Waals surface area contributed by atoms with Crippen molar-refractivity contribution in [1.29, 1.82) is 0 Å². The lowest BCUT2D eigenvalue weighted by molar-refractivity contribution is 0.0735. The third-order valence-corrected chi connectivity index (χ3v) is 5.86. The molecule has 0 aliphatic heterocycles. The summed E-state index contributed by atoms with van der Waals surface area (Å²) in [6.07, 6.45) is 15.8. The summed E-state index contributed by atoms with van der Waals surface area (Å²) in [6.45, 7) is 4.44. The Balaban J connectivity index is 1.51. The third-order valence-electron chi connectivity index (χ3n) is 5.86. The van der Waals surface area contributed by atoms with Crippen LogP contribution in [0.15, 0.2) is 60.9 Å². The van der Waals surface area contributed by atoms with Crippen molar-refractivity contribution in [3.63, 3.8) is 0 Å². The lowest BCUT2D eigenvalue weighted by Crippen LogP contribution is -2.08. The van der Waals surface area contributed by atoms with Gasteiger partial charge in [0, 0.05) is 18.0 Å². The fourth-order valence-corrected chi connectivity index (χ4v) is 3.79. The Morgan fingerprint density at radius 2 is 1.27 bits per heavy atom. The van der Waals surface area contributed by atoms with Gasteiger partial charge in [-0.05, 0) is 73.2 Å². The number of esters is 1. The van der Waals surface area contributed by atoms with Crippen LogP contribution in [-0.2, 0) is 12.8 Å². The Labute approximate surface area is 198 Å². The van der Waals surface area contributed by atoms with Gasteiger partial charge < -0.3 is 4.74 Å². The number of unbranched alkanes of at least 4 members (excludes halogenated alkanes) is 6. The predicted octanol–water partition coefficient (Wildman–Crippen LogP) is 7.61. The van der Waals surface area contributed by atoms with E-state index in [4.69, 9.17) is 4.74 Å². The number of aromatic nitrogens is 2. The largest absolute Gasteiger partial charge is 0.423 e. The molecule has 3 aromatic rings. The molecule has 0 atom stereocenters. The Kier molecular flexibility index (Phi) is 10.1.